The number of hydrogen-bond acceptors (Lipinski definition) is 2. The van der Waals surface area contributed by atoms with Crippen LogP contribution in [-0.2, 0) is 4.79 Å². The number of hydrogen-bond donors (Lipinski definition) is 1. The standard InChI is InChI=1S/C16H15ClN2O/c1-12(15-7-2-3-10-18-15)19-16(20)9-8-13-5-4-6-14(17)11-13/h2-12H,1H3,(H,19,20)/b9-8+/t12-/m1/s1. The van der Waals surface area contributed by atoms with E-state index in [1.54, 1.807) is 24.4 Å². The molecule has 4 heteroatoms. The average Bonchev–Trinajstić information content (AvgIpc) is 2.46. The van der Waals surface area contributed by atoms with E-state index in [2.05, 4.69) is 10.3 Å². The maximum absolute atomic E-state index is 11.8. The largest absolute Gasteiger partial charge is 0.344 e. The highest BCUT2D eigenvalue weighted by Crippen LogP contribution is 2.12. The SMILES string of the molecule is C[C@@H](NC(=O)/C=C/c1cccc(Cl)c1)c1ccccn1. The van der Waals surface area contributed by atoms with Crippen molar-refractivity contribution in [2.75, 3.05) is 0 Å². The van der Waals surface area contributed by atoms with E-state index in [4.69, 9.17) is 11.6 Å². The smallest absolute Gasteiger partial charge is 0.244 e. The van der Waals surface area contributed by atoms with Gasteiger partial charge in [-0.05, 0) is 42.8 Å². The molecule has 0 spiro atoms. The highest BCUT2D eigenvalue weighted by atomic mass is 35.5. The molecule has 0 bridgehead atoms. The van der Waals surface area contributed by atoms with Crippen LogP contribution >= 0.6 is 11.6 Å². The van der Waals surface area contributed by atoms with Gasteiger partial charge in [-0.1, -0.05) is 29.8 Å². The number of carbonyl (C=O) groups is 1. The first-order valence-electron chi connectivity index (χ1n) is 6.30. The summed E-state index contributed by atoms with van der Waals surface area (Å²) in [6, 6.07) is 12.8. The lowest BCUT2D eigenvalue weighted by Crippen LogP contribution is -2.25. The van der Waals surface area contributed by atoms with Crippen LogP contribution < -0.4 is 5.32 Å². The van der Waals surface area contributed by atoms with E-state index in [9.17, 15) is 4.79 Å². The summed E-state index contributed by atoms with van der Waals surface area (Å²) in [5.41, 5.74) is 1.72. The minimum Gasteiger partial charge on any atom is -0.344 e. The second-order valence-corrected chi connectivity index (χ2v) is 4.81. The zero-order chi connectivity index (χ0) is 14.4. The Morgan fingerprint density at radius 1 is 1.30 bits per heavy atom. The van der Waals surface area contributed by atoms with Gasteiger partial charge in [0.25, 0.3) is 0 Å². The molecule has 0 fully saturated rings. The number of carbonyl (C=O) groups excluding carboxylic acids is 1. The van der Waals surface area contributed by atoms with E-state index >= 15 is 0 Å². The molecule has 1 N–H and O–H groups in total. The van der Waals surface area contributed by atoms with E-state index < -0.39 is 0 Å². The van der Waals surface area contributed by atoms with Crippen molar-refractivity contribution in [1.29, 1.82) is 0 Å². The van der Waals surface area contributed by atoms with Crippen molar-refractivity contribution in [2.24, 2.45) is 0 Å². The Morgan fingerprint density at radius 2 is 2.15 bits per heavy atom. The van der Waals surface area contributed by atoms with E-state index in [1.165, 1.54) is 6.08 Å². The van der Waals surface area contributed by atoms with Gasteiger partial charge in [0, 0.05) is 17.3 Å². The van der Waals surface area contributed by atoms with Crippen LogP contribution in [0.4, 0.5) is 0 Å². The lowest BCUT2D eigenvalue weighted by atomic mass is 10.2. The topological polar surface area (TPSA) is 42.0 Å². The maximum Gasteiger partial charge on any atom is 0.244 e. The zero-order valence-corrected chi connectivity index (χ0v) is 11.8. The highest BCUT2D eigenvalue weighted by Gasteiger charge is 2.07. The first-order valence-corrected chi connectivity index (χ1v) is 6.68. The second-order valence-electron chi connectivity index (χ2n) is 4.37. The molecule has 20 heavy (non-hydrogen) atoms. The Morgan fingerprint density at radius 3 is 2.85 bits per heavy atom. The van der Waals surface area contributed by atoms with Crippen LogP contribution in [0.25, 0.3) is 6.08 Å². The summed E-state index contributed by atoms with van der Waals surface area (Å²) >= 11 is 5.88. The van der Waals surface area contributed by atoms with Gasteiger partial charge in [0.1, 0.15) is 0 Å². The zero-order valence-electron chi connectivity index (χ0n) is 11.1. The summed E-state index contributed by atoms with van der Waals surface area (Å²) in [5.74, 6) is -0.164. The van der Waals surface area contributed by atoms with Gasteiger partial charge in [-0.25, -0.2) is 0 Å². The quantitative estimate of drug-likeness (QED) is 0.872. The van der Waals surface area contributed by atoms with Gasteiger partial charge in [0.05, 0.1) is 11.7 Å². The number of nitrogens with one attached hydrogen (secondary N) is 1. The fourth-order valence-corrected chi connectivity index (χ4v) is 1.95. The molecule has 0 saturated carbocycles. The third kappa shape index (κ3) is 4.21. The molecule has 0 radical (unpaired) electrons. The Kier molecular flexibility index (Phi) is 4.91. The van der Waals surface area contributed by atoms with E-state index in [0.29, 0.717) is 5.02 Å². The minimum atomic E-state index is -0.164. The van der Waals surface area contributed by atoms with Crippen LogP contribution in [0.15, 0.2) is 54.7 Å². The summed E-state index contributed by atoms with van der Waals surface area (Å²) in [5, 5.41) is 3.51. The number of rotatable bonds is 4. The summed E-state index contributed by atoms with van der Waals surface area (Å²) in [6.45, 7) is 1.90. The molecule has 0 aliphatic heterocycles. The molecule has 1 heterocycles. The maximum atomic E-state index is 11.8. The Balaban J connectivity index is 1.96. The Bertz CT molecular complexity index is 611. The molecule has 2 rings (SSSR count). The average molecular weight is 287 g/mol. The molecular formula is C16H15ClN2O. The van der Waals surface area contributed by atoms with Crippen LogP contribution in [-0.4, -0.2) is 10.9 Å². The normalized spacial score (nSPS) is 12.3. The molecule has 1 aromatic heterocycles. The number of benzene rings is 1. The molecule has 0 saturated heterocycles. The monoisotopic (exact) mass is 286 g/mol. The third-order valence-corrected chi connectivity index (χ3v) is 3.00. The van der Waals surface area contributed by atoms with Crippen molar-refractivity contribution in [2.45, 2.75) is 13.0 Å². The molecule has 0 unspecified atom stereocenters. The van der Waals surface area contributed by atoms with Crippen molar-refractivity contribution in [1.82, 2.24) is 10.3 Å². The summed E-state index contributed by atoms with van der Waals surface area (Å²) in [4.78, 5) is 16.0. The van der Waals surface area contributed by atoms with Gasteiger partial charge in [-0.3, -0.25) is 9.78 Å². The predicted octanol–water partition coefficient (Wildman–Crippen LogP) is 3.63. The van der Waals surface area contributed by atoms with Gasteiger partial charge in [0.15, 0.2) is 0 Å². The molecular weight excluding hydrogens is 272 g/mol. The van der Waals surface area contributed by atoms with Crippen LogP contribution in [0.1, 0.15) is 24.2 Å². The Labute approximate surface area is 123 Å². The van der Waals surface area contributed by atoms with Crippen molar-refractivity contribution >= 4 is 23.6 Å². The lowest BCUT2D eigenvalue weighted by Gasteiger charge is -2.11. The lowest BCUT2D eigenvalue weighted by molar-refractivity contribution is -0.117. The first kappa shape index (κ1) is 14.3. The number of aromatic nitrogens is 1. The first-order chi connectivity index (χ1) is 9.65. The number of amides is 1. The van der Waals surface area contributed by atoms with Gasteiger partial charge < -0.3 is 5.32 Å². The van der Waals surface area contributed by atoms with Crippen molar-refractivity contribution < 1.29 is 4.79 Å². The molecule has 1 atom stereocenters. The van der Waals surface area contributed by atoms with Crippen molar-refractivity contribution in [3.63, 3.8) is 0 Å². The molecule has 102 valence electrons. The van der Waals surface area contributed by atoms with E-state index in [-0.39, 0.29) is 11.9 Å². The van der Waals surface area contributed by atoms with Crippen molar-refractivity contribution in [3.05, 3.63) is 71.0 Å². The van der Waals surface area contributed by atoms with E-state index in [0.717, 1.165) is 11.3 Å². The van der Waals surface area contributed by atoms with Gasteiger partial charge >= 0.3 is 0 Å². The summed E-state index contributed by atoms with van der Waals surface area (Å²) < 4.78 is 0. The van der Waals surface area contributed by atoms with Gasteiger partial charge in [0.2, 0.25) is 5.91 Å². The number of nitrogens with zero attached hydrogens (tertiary/aromatic N) is 1. The van der Waals surface area contributed by atoms with Gasteiger partial charge in [-0.2, -0.15) is 0 Å². The molecule has 1 aromatic carbocycles. The Hall–Kier alpha value is -2.13. The molecule has 0 aliphatic rings. The molecule has 1 amide bonds. The second kappa shape index (κ2) is 6.87. The minimum absolute atomic E-state index is 0.132. The van der Waals surface area contributed by atoms with Gasteiger partial charge in [-0.15, -0.1) is 0 Å². The number of halogens is 1. The van der Waals surface area contributed by atoms with Crippen LogP contribution in [0.2, 0.25) is 5.02 Å². The van der Waals surface area contributed by atoms with Crippen LogP contribution in [0.5, 0.6) is 0 Å². The molecule has 0 aliphatic carbocycles. The molecule has 2 aromatic rings. The van der Waals surface area contributed by atoms with Crippen molar-refractivity contribution in [3.8, 4) is 0 Å². The fourth-order valence-electron chi connectivity index (χ4n) is 1.75. The highest BCUT2D eigenvalue weighted by molar-refractivity contribution is 6.30. The van der Waals surface area contributed by atoms with Crippen LogP contribution in [0, 0.1) is 0 Å². The molecule has 3 nitrogen and oxygen atoms in total. The number of pyridine rings is 1. The van der Waals surface area contributed by atoms with E-state index in [1.807, 2.05) is 37.3 Å². The van der Waals surface area contributed by atoms with Crippen LogP contribution in [0.3, 0.4) is 0 Å². The fraction of sp³-hybridized carbons (Fsp3) is 0.125. The summed E-state index contributed by atoms with van der Waals surface area (Å²) in [6.07, 6.45) is 4.93. The predicted molar refractivity (Wildman–Crippen MR) is 81.3 cm³/mol. The summed E-state index contributed by atoms with van der Waals surface area (Å²) in [7, 11) is 0. The third-order valence-electron chi connectivity index (χ3n) is 2.77.